The van der Waals surface area contributed by atoms with Gasteiger partial charge in [0.15, 0.2) is 0 Å². The Hall–Kier alpha value is -1.03. The number of carbonyl (C=O) groups excluding carboxylic acids is 1. The van der Waals surface area contributed by atoms with Crippen molar-refractivity contribution in [1.29, 1.82) is 0 Å². The van der Waals surface area contributed by atoms with Crippen LogP contribution in [0.2, 0.25) is 0 Å². The van der Waals surface area contributed by atoms with Gasteiger partial charge in [0, 0.05) is 17.4 Å². The summed E-state index contributed by atoms with van der Waals surface area (Å²) >= 11 is 0. The third kappa shape index (κ3) is 3.79. The lowest BCUT2D eigenvalue weighted by atomic mass is 9.56. The first kappa shape index (κ1) is 19.3. The summed E-state index contributed by atoms with van der Waals surface area (Å²) in [6.45, 7) is 14.0. The first-order valence-electron chi connectivity index (χ1n) is 9.55. The molecule has 1 saturated heterocycles. The van der Waals surface area contributed by atoms with Gasteiger partial charge in [0.1, 0.15) is 6.61 Å². The molecule has 0 spiro atoms. The first-order chi connectivity index (χ1) is 11.3. The van der Waals surface area contributed by atoms with Crippen LogP contribution in [0.4, 0.5) is 4.79 Å². The van der Waals surface area contributed by atoms with Crippen molar-refractivity contribution >= 4 is 6.09 Å². The number of nitrogens with one attached hydrogen (secondary N) is 1. The van der Waals surface area contributed by atoms with E-state index in [4.69, 9.17) is 9.47 Å². The minimum atomic E-state index is -0.324. The highest BCUT2D eigenvalue weighted by atomic mass is 16.6. The van der Waals surface area contributed by atoms with Gasteiger partial charge in [-0.2, -0.15) is 0 Å². The number of hydrogen-bond donors (Lipinski definition) is 1. The zero-order valence-electron chi connectivity index (χ0n) is 16.2. The Bertz CT molecular complexity index is 474. The van der Waals surface area contributed by atoms with Crippen molar-refractivity contribution in [1.82, 2.24) is 5.32 Å². The topological polar surface area (TPSA) is 47.6 Å². The molecule has 0 unspecified atom stereocenters. The number of allylic oxidation sites excluding steroid dienone is 1. The number of carbonyl (C=O) groups is 1. The zero-order valence-corrected chi connectivity index (χ0v) is 16.2. The molecule has 1 fully saturated rings. The van der Waals surface area contributed by atoms with Gasteiger partial charge in [0.05, 0.1) is 12.7 Å². The highest BCUT2D eigenvalue weighted by Crippen LogP contribution is 2.53. The molecule has 1 amide bonds. The van der Waals surface area contributed by atoms with E-state index < -0.39 is 0 Å². The molecule has 1 aliphatic carbocycles. The van der Waals surface area contributed by atoms with Gasteiger partial charge < -0.3 is 14.8 Å². The summed E-state index contributed by atoms with van der Waals surface area (Å²) in [5.41, 5.74) is 1.33. The number of fused-ring (bicyclic) bond motifs is 2. The molecule has 0 aromatic heterocycles. The van der Waals surface area contributed by atoms with Crippen LogP contribution < -0.4 is 5.32 Å². The molecule has 0 aromatic carbocycles. The summed E-state index contributed by atoms with van der Waals surface area (Å²) in [6.07, 6.45) is 5.89. The predicted molar refractivity (Wildman–Crippen MR) is 96.9 cm³/mol. The van der Waals surface area contributed by atoms with E-state index in [1.165, 1.54) is 18.4 Å². The van der Waals surface area contributed by atoms with Crippen molar-refractivity contribution in [3.8, 4) is 0 Å². The van der Waals surface area contributed by atoms with Gasteiger partial charge in [-0.15, -0.1) is 0 Å². The van der Waals surface area contributed by atoms with Crippen LogP contribution in [0.3, 0.4) is 0 Å². The van der Waals surface area contributed by atoms with Gasteiger partial charge in [-0.1, -0.05) is 45.3 Å². The van der Waals surface area contributed by atoms with Crippen molar-refractivity contribution < 1.29 is 14.3 Å². The number of rotatable bonds is 6. The van der Waals surface area contributed by atoms with E-state index in [1.807, 2.05) is 13.8 Å². The summed E-state index contributed by atoms with van der Waals surface area (Å²) in [4.78, 5) is 11.9. The summed E-state index contributed by atoms with van der Waals surface area (Å²) in [5, 5.41) is 2.81. The third-order valence-corrected chi connectivity index (χ3v) is 6.08. The summed E-state index contributed by atoms with van der Waals surface area (Å²) < 4.78 is 11.9. The number of hydrogen-bond acceptors (Lipinski definition) is 3. The van der Waals surface area contributed by atoms with Crippen molar-refractivity contribution in [3.05, 3.63) is 11.6 Å². The van der Waals surface area contributed by atoms with Crippen LogP contribution in [-0.2, 0) is 9.47 Å². The van der Waals surface area contributed by atoms with Gasteiger partial charge in [0.2, 0.25) is 0 Å². The molecule has 2 rings (SSSR count). The number of alkyl carbamates (subject to hydrolysis) is 1. The maximum Gasteiger partial charge on any atom is 0.407 e. The largest absolute Gasteiger partial charge is 0.449 e. The Morgan fingerprint density at radius 1 is 1.46 bits per heavy atom. The van der Waals surface area contributed by atoms with Crippen molar-refractivity contribution in [2.45, 2.75) is 73.0 Å². The molecule has 24 heavy (non-hydrogen) atoms. The summed E-state index contributed by atoms with van der Waals surface area (Å²) in [5.74, 6) is 1.25. The Kier molecular flexibility index (Phi) is 6.35. The minimum absolute atomic E-state index is 0.0899. The SMILES string of the molecule is CCCC[C@@H]1OC[C@]2(COC(=O)NC(C)C)[C@H](C)[C@H]1C(C)=C[C@@H]2C. The van der Waals surface area contributed by atoms with E-state index in [9.17, 15) is 4.79 Å². The quantitative estimate of drug-likeness (QED) is 0.724. The van der Waals surface area contributed by atoms with Crippen molar-refractivity contribution in [2.24, 2.45) is 23.2 Å². The second kappa shape index (κ2) is 7.90. The average molecular weight is 338 g/mol. The van der Waals surface area contributed by atoms with Gasteiger partial charge in [-0.25, -0.2) is 4.79 Å². The van der Waals surface area contributed by atoms with E-state index in [2.05, 4.69) is 39.1 Å². The number of ether oxygens (including phenoxy) is 2. The van der Waals surface area contributed by atoms with Gasteiger partial charge >= 0.3 is 6.09 Å². The fraction of sp³-hybridized carbons (Fsp3) is 0.850. The maximum atomic E-state index is 11.9. The lowest BCUT2D eigenvalue weighted by Crippen LogP contribution is -2.57. The molecule has 4 heteroatoms. The fourth-order valence-electron chi connectivity index (χ4n) is 4.53. The highest BCUT2D eigenvalue weighted by Gasteiger charge is 2.53. The Morgan fingerprint density at radius 2 is 2.17 bits per heavy atom. The predicted octanol–water partition coefficient (Wildman–Crippen LogP) is 4.54. The molecule has 5 atom stereocenters. The fourth-order valence-corrected chi connectivity index (χ4v) is 4.53. The monoisotopic (exact) mass is 337 g/mol. The zero-order chi connectivity index (χ0) is 17.9. The van der Waals surface area contributed by atoms with Crippen molar-refractivity contribution in [3.63, 3.8) is 0 Å². The Balaban J connectivity index is 2.13. The van der Waals surface area contributed by atoms with Crippen LogP contribution in [0, 0.1) is 23.2 Å². The van der Waals surface area contributed by atoms with Crippen molar-refractivity contribution in [2.75, 3.05) is 13.2 Å². The molecule has 0 saturated carbocycles. The molecular weight excluding hydrogens is 302 g/mol. The van der Waals surface area contributed by atoms with Gasteiger partial charge in [-0.3, -0.25) is 0 Å². The number of amides is 1. The molecule has 1 aliphatic heterocycles. The van der Waals surface area contributed by atoms with Crippen LogP contribution in [0.15, 0.2) is 11.6 Å². The Labute approximate surface area is 147 Å². The molecule has 138 valence electrons. The van der Waals surface area contributed by atoms with E-state index in [0.717, 1.165) is 6.42 Å². The first-order valence-corrected chi connectivity index (χ1v) is 9.55. The normalized spacial score (nSPS) is 35.5. The minimum Gasteiger partial charge on any atom is -0.449 e. The average Bonchev–Trinajstić information content (AvgIpc) is 2.49. The molecule has 0 aromatic rings. The van der Waals surface area contributed by atoms with E-state index >= 15 is 0 Å². The second-order valence-electron chi connectivity index (χ2n) is 8.11. The van der Waals surface area contributed by atoms with E-state index in [0.29, 0.717) is 37.1 Å². The van der Waals surface area contributed by atoms with Crippen LogP contribution in [0.25, 0.3) is 0 Å². The summed E-state index contributed by atoms with van der Waals surface area (Å²) in [7, 11) is 0. The van der Waals surface area contributed by atoms with Crippen LogP contribution in [0.5, 0.6) is 0 Å². The molecule has 2 bridgehead atoms. The van der Waals surface area contributed by atoms with Crippen LogP contribution in [0.1, 0.15) is 60.8 Å². The molecule has 2 aliphatic rings. The molecule has 1 N–H and O–H groups in total. The van der Waals surface area contributed by atoms with Crippen LogP contribution in [-0.4, -0.2) is 31.5 Å². The smallest absolute Gasteiger partial charge is 0.407 e. The summed E-state index contributed by atoms with van der Waals surface area (Å²) in [6, 6.07) is 0.0899. The molecule has 0 radical (unpaired) electrons. The van der Waals surface area contributed by atoms with E-state index in [-0.39, 0.29) is 17.6 Å². The lowest BCUT2D eigenvalue weighted by molar-refractivity contribution is -0.165. The maximum absolute atomic E-state index is 11.9. The lowest BCUT2D eigenvalue weighted by Gasteiger charge is -2.55. The second-order valence-corrected chi connectivity index (χ2v) is 8.11. The van der Waals surface area contributed by atoms with Crippen LogP contribution >= 0.6 is 0 Å². The number of unbranched alkanes of at least 4 members (excludes halogenated alkanes) is 1. The standard InChI is InChI=1S/C20H35NO3/c1-7-8-9-17-18-14(4)10-15(5)20(11-23-17,16(18)6)12-24-19(22)21-13(2)3/h10,13,15-18H,7-9,11-12H2,1-6H3,(H,21,22)/t15-,16+,17-,18+,20+/m0/s1. The molecular formula is C20H35NO3. The van der Waals surface area contributed by atoms with Gasteiger partial charge in [-0.05, 0) is 39.0 Å². The molecule has 1 heterocycles. The molecule has 4 nitrogen and oxygen atoms in total. The van der Waals surface area contributed by atoms with E-state index in [1.54, 1.807) is 0 Å². The third-order valence-electron chi connectivity index (χ3n) is 6.08. The Morgan fingerprint density at radius 3 is 2.79 bits per heavy atom. The van der Waals surface area contributed by atoms with Gasteiger partial charge in [0.25, 0.3) is 0 Å². The highest BCUT2D eigenvalue weighted by molar-refractivity contribution is 5.67.